The summed E-state index contributed by atoms with van der Waals surface area (Å²) in [6.07, 6.45) is 8.18. The quantitative estimate of drug-likeness (QED) is 0.357. The number of fused-ring (bicyclic) bond motifs is 1. The van der Waals surface area contributed by atoms with E-state index in [1.54, 1.807) is 40.2 Å². The summed E-state index contributed by atoms with van der Waals surface area (Å²) < 4.78 is 33.1. The molecule has 4 aromatic heterocycles. The first-order chi connectivity index (χ1) is 16.6. The zero-order chi connectivity index (χ0) is 23.7. The molecule has 0 fully saturated rings. The highest BCUT2D eigenvalue weighted by Gasteiger charge is 2.22. The summed E-state index contributed by atoms with van der Waals surface area (Å²) in [6, 6.07) is 6.54. The van der Waals surface area contributed by atoms with Gasteiger partial charge in [-0.15, -0.1) is 0 Å². The van der Waals surface area contributed by atoms with Crippen LogP contribution in [0, 0.1) is 5.82 Å². The standard InChI is InChI=1S/C23H20FN7O3/c1-30-12-14(10-27-30)17-11-26-16-4-5-20(29-23(16)28-17)31(13-21-25-6-7-34-21)18-8-15(32-2)9-19(33-3)22(18)24/h4-12H,13H2,1-3H3. The fourth-order valence-corrected chi connectivity index (χ4v) is 3.51. The number of anilines is 2. The molecule has 0 radical (unpaired) electrons. The van der Waals surface area contributed by atoms with Crippen molar-refractivity contribution in [2.75, 3.05) is 19.1 Å². The zero-order valence-electron chi connectivity index (χ0n) is 18.6. The number of halogens is 1. The van der Waals surface area contributed by atoms with E-state index in [-0.39, 0.29) is 18.0 Å². The van der Waals surface area contributed by atoms with Gasteiger partial charge < -0.3 is 18.8 Å². The summed E-state index contributed by atoms with van der Waals surface area (Å²) in [5, 5.41) is 4.18. The molecule has 10 nitrogen and oxygen atoms in total. The third-order valence-corrected chi connectivity index (χ3v) is 5.19. The topological polar surface area (TPSA) is 104 Å². The first kappa shape index (κ1) is 21.3. The number of benzene rings is 1. The van der Waals surface area contributed by atoms with E-state index in [1.165, 1.54) is 32.7 Å². The summed E-state index contributed by atoms with van der Waals surface area (Å²) in [6.45, 7) is 0.106. The smallest absolute Gasteiger partial charge is 0.213 e. The minimum atomic E-state index is -0.577. The van der Waals surface area contributed by atoms with Gasteiger partial charge in [0, 0.05) is 30.9 Å². The van der Waals surface area contributed by atoms with Gasteiger partial charge in [-0.2, -0.15) is 5.10 Å². The van der Waals surface area contributed by atoms with Crippen molar-refractivity contribution in [3.8, 4) is 22.8 Å². The van der Waals surface area contributed by atoms with Crippen LogP contribution in [-0.2, 0) is 13.6 Å². The summed E-state index contributed by atoms with van der Waals surface area (Å²) in [7, 11) is 4.72. The number of aromatic nitrogens is 6. The second kappa shape index (κ2) is 8.77. The molecule has 172 valence electrons. The van der Waals surface area contributed by atoms with Crippen molar-refractivity contribution >= 4 is 22.7 Å². The van der Waals surface area contributed by atoms with Gasteiger partial charge in [-0.1, -0.05) is 0 Å². The van der Waals surface area contributed by atoms with Gasteiger partial charge in [0.05, 0.1) is 44.2 Å². The second-order valence-corrected chi connectivity index (χ2v) is 7.34. The first-order valence-electron chi connectivity index (χ1n) is 10.3. The summed E-state index contributed by atoms with van der Waals surface area (Å²) in [4.78, 5) is 19.6. The molecule has 0 aliphatic carbocycles. The Labute approximate surface area is 193 Å². The Morgan fingerprint density at radius 2 is 1.97 bits per heavy atom. The molecule has 0 spiro atoms. The van der Waals surface area contributed by atoms with Crippen LogP contribution in [0.4, 0.5) is 15.9 Å². The van der Waals surface area contributed by atoms with E-state index in [0.717, 1.165) is 5.56 Å². The van der Waals surface area contributed by atoms with Crippen LogP contribution in [0.1, 0.15) is 5.89 Å². The van der Waals surface area contributed by atoms with E-state index in [2.05, 4.69) is 25.0 Å². The highest BCUT2D eigenvalue weighted by molar-refractivity contribution is 5.77. The molecular weight excluding hydrogens is 441 g/mol. The van der Waals surface area contributed by atoms with Crippen molar-refractivity contribution in [2.24, 2.45) is 7.05 Å². The van der Waals surface area contributed by atoms with Crippen molar-refractivity contribution in [2.45, 2.75) is 6.54 Å². The van der Waals surface area contributed by atoms with Crippen LogP contribution in [0.25, 0.3) is 22.4 Å². The van der Waals surface area contributed by atoms with Crippen LogP contribution in [0.5, 0.6) is 11.5 Å². The number of hydrogen-bond acceptors (Lipinski definition) is 9. The number of nitrogens with zero attached hydrogens (tertiary/aromatic N) is 7. The lowest BCUT2D eigenvalue weighted by Crippen LogP contribution is -2.20. The lowest BCUT2D eigenvalue weighted by atomic mass is 10.2. The maximum Gasteiger partial charge on any atom is 0.213 e. The van der Waals surface area contributed by atoms with Crippen LogP contribution in [0.15, 0.2) is 59.7 Å². The molecule has 5 aromatic rings. The summed E-state index contributed by atoms with van der Waals surface area (Å²) in [5.41, 5.74) is 2.60. The Bertz CT molecular complexity index is 1450. The van der Waals surface area contributed by atoms with E-state index in [0.29, 0.717) is 34.3 Å². The molecule has 0 atom stereocenters. The van der Waals surface area contributed by atoms with Crippen LogP contribution >= 0.6 is 0 Å². The lowest BCUT2D eigenvalue weighted by molar-refractivity contribution is 0.374. The molecule has 0 unspecified atom stereocenters. The normalized spacial score (nSPS) is 11.1. The maximum atomic E-state index is 15.4. The Morgan fingerprint density at radius 3 is 2.68 bits per heavy atom. The fourth-order valence-electron chi connectivity index (χ4n) is 3.51. The molecule has 0 aliphatic rings. The van der Waals surface area contributed by atoms with Crippen molar-refractivity contribution in [1.29, 1.82) is 0 Å². The van der Waals surface area contributed by atoms with Crippen molar-refractivity contribution in [3.05, 3.63) is 67.0 Å². The molecular formula is C23H20FN7O3. The van der Waals surface area contributed by atoms with Gasteiger partial charge in [-0.25, -0.2) is 19.3 Å². The number of rotatable bonds is 7. The van der Waals surface area contributed by atoms with E-state index in [1.807, 2.05) is 13.2 Å². The number of oxazole rings is 1. The van der Waals surface area contributed by atoms with Crippen molar-refractivity contribution in [1.82, 2.24) is 29.7 Å². The van der Waals surface area contributed by atoms with Crippen LogP contribution in [0.3, 0.4) is 0 Å². The van der Waals surface area contributed by atoms with Crippen LogP contribution < -0.4 is 14.4 Å². The van der Waals surface area contributed by atoms with Gasteiger partial charge in [0.25, 0.3) is 0 Å². The molecule has 4 heterocycles. The van der Waals surface area contributed by atoms with Gasteiger partial charge in [0.1, 0.15) is 29.9 Å². The number of aryl methyl sites for hydroxylation is 1. The fraction of sp³-hybridized carbons (Fsp3) is 0.174. The van der Waals surface area contributed by atoms with Gasteiger partial charge in [0.2, 0.25) is 5.89 Å². The van der Waals surface area contributed by atoms with E-state index in [9.17, 15) is 0 Å². The maximum absolute atomic E-state index is 15.4. The molecule has 0 amide bonds. The van der Waals surface area contributed by atoms with Crippen LogP contribution in [-0.4, -0.2) is 43.9 Å². The first-order valence-corrected chi connectivity index (χ1v) is 10.3. The van der Waals surface area contributed by atoms with Gasteiger partial charge in [-0.3, -0.25) is 9.67 Å². The second-order valence-electron chi connectivity index (χ2n) is 7.34. The Morgan fingerprint density at radius 1 is 1.09 bits per heavy atom. The molecule has 0 N–H and O–H groups in total. The third kappa shape index (κ3) is 3.98. The van der Waals surface area contributed by atoms with Gasteiger partial charge in [-0.05, 0) is 12.1 Å². The van der Waals surface area contributed by atoms with Crippen molar-refractivity contribution < 1.29 is 18.3 Å². The highest BCUT2D eigenvalue weighted by Crippen LogP contribution is 2.37. The Balaban J connectivity index is 1.65. The van der Waals surface area contributed by atoms with Crippen molar-refractivity contribution in [3.63, 3.8) is 0 Å². The highest BCUT2D eigenvalue weighted by atomic mass is 19.1. The number of ether oxygens (including phenoxy) is 2. The Hall–Kier alpha value is -4.54. The molecule has 5 rings (SSSR count). The zero-order valence-corrected chi connectivity index (χ0v) is 18.6. The molecule has 0 saturated carbocycles. The van der Waals surface area contributed by atoms with E-state index in [4.69, 9.17) is 13.9 Å². The molecule has 34 heavy (non-hydrogen) atoms. The minimum Gasteiger partial charge on any atom is -0.497 e. The predicted octanol–water partition coefficient (Wildman–Crippen LogP) is 3.91. The summed E-state index contributed by atoms with van der Waals surface area (Å²) >= 11 is 0. The molecule has 1 aromatic carbocycles. The minimum absolute atomic E-state index is 0.0335. The van der Waals surface area contributed by atoms with Gasteiger partial charge >= 0.3 is 0 Å². The monoisotopic (exact) mass is 461 g/mol. The molecule has 0 bridgehead atoms. The average molecular weight is 461 g/mol. The van der Waals surface area contributed by atoms with E-state index < -0.39 is 5.82 Å². The molecule has 11 heteroatoms. The average Bonchev–Trinajstić information content (AvgIpc) is 3.54. The Kier molecular flexibility index (Phi) is 5.50. The summed E-state index contributed by atoms with van der Waals surface area (Å²) in [5.74, 6) is 0.666. The molecule has 0 aliphatic heterocycles. The molecule has 0 saturated heterocycles. The predicted molar refractivity (Wildman–Crippen MR) is 121 cm³/mol. The largest absolute Gasteiger partial charge is 0.497 e. The number of hydrogen-bond donors (Lipinski definition) is 0. The number of methoxy groups -OCH3 is 2. The van der Waals surface area contributed by atoms with E-state index >= 15 is 4.39 Å². The van der Waals surface area contributed by atoms with Gasteiger partial charge in [0.15, 0.2) is 17.2 Å². The SMILES string of the molecule is COc1cc(OC)c(F)c(N(Cc2ncco2)c2ccc3ncc(-c4cnn(C)c4)nc3n2)c1. The third-order valence-electron chi connectivity index (χ3n) is 5.19. The van der Waals surface area contributed by atoms with Crippen LogP contribution in [0.2, 0.25) is 0 Å². The number of pyridine rings is 1. The lowest BCUT2D eigenvalue weighted by Gasteiger charge is -2.24.